The van der Waals surface area contributed by atoms with E-state index in [0.717, 1.165) is 40.1 Å². The third-order valence-corrected chi connectivity index (χ3v) is 6.86. The monoisotopic (exact) mass is 455 g/mol. The number of carbonyl (C=O) groups is 1. The molecule has 1 aromatic carbocycles. The molecule has 2 aliphatic rings. The number of anilines is 1. The fourth-order valence-corrected chi connectivity index (χ4v) is 5.67. The Kier molecular flexibility index (Phi) is 4.67. The van der Waals surface area contributed by atoms with Gasteiger partial charge in [-0.2, -0.15) is 0 Å². The number of nitrogens with zero attached hydrogens (tertiary/aromatic N) is 1. The van der Waals surface area contributed by atoms with Crippen molar-refractivity contribution in [2.45, 2.75) is 39.0 Å². The van der Waals surface area contributed by atoms with E-state index in [1.165, 1.54) is 4.88 Å². The molecule has 2 aliphatic heterocycles. The minimum Gasteiger partial charge on any atom is -0.506 e. The number of nitrogens with one attached hydrogen (secondary N) is 2. The molecule has 3 heterocycles. The van der Waals surface area contributed by atoms with Crippen LogP contribution in [0.5, 0.6) is 5.75 Å². The molecule has 0 fully saturated rings. The Morgan fingerprint density at radius 2 is 2.15 bits per heavy atom. The maximum absolute atomic E-state index is 12.8. The summed E-state index contributed by atoms with van der Waals surface area (Å²) in [7, 11) is 0. The molecule has 138 valence electrons. The highest BCUT2D eigenvalue weighted by atomic mass is 79.9. The predicted molar refractivity (Wildman–Crippen MR) is 108 cm³/mol. The van der Waals surface area contributed by atoms with Crippen molar-refractivity contribution < 1.29 is 9.90 Å². The number of phenols is 1. The quantitative estimate of drug-likeness (QED) is 0.623. The second-order valence-corrected chi connectivity index (χ2v) is 9.33. The smallest absolute Gasteiger partial charge is 0.256 e. The van der Waals surface area contributed by atoms with Crippen LogP contribution < -0.4 is 10.6 Å². The lowest BCUT2D eigenvalue weighted by Gasteiger charge is -2.31. The minimum absolute atomic E-state index is 0.0246. The van der Waals surface area contributed by atoms with E-state index in [2.05, 4.69) is 45.3 Å². The predicted octanol–water partition coefficient (Wildman–Crippen LogP) is 4.49. The van der Waals surface area contributed by atoms with Gasteiger partial charge in [-0.05, 0) is 38.0 Å². The zero-order valence-corrected chi connectivity index (χ0v) is 17.6. The molecule has 8 heteroatoms. The fraction of sp³-hybridized carbons (Fsp3) is 0.389. The van der Waals surface area contributed by atoms with Gasteiger partial charge in [0.2, 0.25) is 0 Å². The molecule has 1 aromatic heterocycles. The zero-order chi connectivity index (χ0) is 18.6. The first-order valence-electron chi connectivity index (χ1n) is 8.49. The summed E-state index contributed by atoms with van der Waals surface area (Å²) in [5, 5.41) is 17.8. The lowest BCUT2D eigenvalue weighted by molar-refractivity contribution is 0.0934. The molecule has 5 nitrogen and oxygen atoms in total. The van der Waals surface area contributed by atoms with Gasteiger partial charge in [0.1, 0.15) is 16.9 Å². The van der Waals surface area contributed by atoms with E-state index in [1.807, 2.05) is 0 Å². The Labute approximate surface area is 169 Å². The molecule has 2 aromatic rings. The Morgan fingerprint density at radius 3 is 2.88 bits per heavy atom. The molecular weight excluding hydrogens is 438 g/mol. The van der Waals surface area contributed by atoms with Crippen LogP contribution in [0.4, 0.5) is 5.00 Å². The summed E-state index contributed by atoms with van der Waals surface area (Å²) in [6, 6.07) is 3.87. The summed E-state index contributed by atoms with van der Waals surface area (Å²) in [6.45, 7) is 6.23. The summed E-state index contributed by atoms with van der Waals surface area (Å²) < 4.78 is 0.746. The van der Waals surface area contributed by atoms with Crippen molar-refractivity contribution in [2.75, 3.05) is 11.9 Å². The van der Waals surface area contributed by atoms with Crippen LogP contribution in [0.1, 0.15) is 46.4 Å². The minimum atomic E-state index is -0.522. The van der Waals surface area contributed by atoms with Gasteiger partial charge < -0.3 is 15.7 Å². The molecule has 0 aliphatic carbocycles. The lowest BCUT2D eigenvalue weighted by Crippen LogP contribution is -2.39. The van der Waals surface area contributed by atoms with Crippen LogP contribution in [-0.2, 0) is 13.0 Å². The van der Waals surface area contributed by atoms with Crippen LogP contribution in [0.2, 0.25) is 5.02 Å². The molecule has 3 N–H and O–H groups in total. The average Bonchev–Trinajstić information content (AvgIpc) is 2.95. The Morgan fingerprint density at radius 1 is 1.38 bits per heavy atom. The van der Waals surface area contributed by atoms with Crippen molar-refractivity contribution in [1.29, 1.82) is 0 Å². The van der Waals surface area contributed by atoms with Gasteiger partial charge in [0, 0.05) is 34.0 Å². The number of halogens is 2. The van der Waals surface area contributed by atoms with Crippen molar-refractivity contribution in [2.24, 2.45) is 0 Å². The molecule has 1 unspecified atom stereocenters. The van der Waals surface area contributed by atoms with Crippen LogP contribution in [0.25, 0.3) is 0 Å². The van der Waals surface area contributed by atoms with Gasteiger partial charge in [-0.15, -0.1) is 11.3 Å². The fourth-order valence-electron chi connectivity index (χ4n) is 3.54. The van der Waals surface area contributed by atoms with Gasteiger partial charge in [0.05, 0.1) is 10.6 Å². The van der Waals surface area contributed by atoms with E-state index in [9.17, 15) is 9.90 Å². The molecule has 0 radical (unpaired) electrons. The molecule has 1 amide bonds. The first-order chi connectivity index (χ1) is 12.3. The molecule has 0 saturated carbocycles. The van der Waals surface area contributed by atoms with Gasteiger partial charge in [0.15, 0.2) is 0 Å². The van der Waals surface area contributed by atoms with E-state index >= 15 is 0 Å². The van der Waals surface area contributed by atoms with Crippen LogP contribution in [-0.4, -0.2) is 28.5 Å². The highest BCUT2D eigenvalue weighted by molar-refractivity contribution is 9.10. The number of phenolic OH excluding ortho intramolecular Hbond substituents is 1. The van der Waals surface area contributed by atoms with E-state index in [-0.39, 0.29) is 16.7 Å². The molecule has 1 atom stereocenters. The molecule has 0 spiro atoms. The highest BCUT2D eigenvalue weighted by Crippen LogP contribution is 2.43. The Bertz CT molecular complexity index is 899. The van der Waals surface area contributed by atoms with E-state index in [0.29, 0.717) is 11.6 Å². The molecular formula is C18H19BrClN3O2S. The molecule has 4 rings (SSSR count). The number of aromatic hydroxyl groups is 1. The number of rotatable bonds is 2. The second-order valence-electron chi connectivity index (χ2n) is 6.90. The summed E-state index contributed by atoms with van der Waals surface area (Å²) in [5.41, 5.74) is 2.45. The summed E-state index contributed by atoms with van der Waals surface area (Å²) in [6.07, 6.45) is 0.360. The normalized spacial score (nSPS) is 19.7. The number of carbonyl (C=O) groups excluding carboxylic acids is 1. The van der Waals surface area contributed by atoms with Crippen molar-refractivity contribution in [3.8, 4) is 5.75 Å². The Balaban J connectivity index is 1.69. The summed E-state index contributed by atoms with van der Waals surface area (Å²) in [5.74, 6) is -0.127. The number of hydrogen-bond acceptors (Lipinski definition) is 5. The number of fused-ring (bicyclic) bond motifs is 3. The van der Waals surface area contributed by atoms with Gasteiger partial charge in [-0.3, -0.25) is 9.69 Å². The van der Waals surface area contributed by atoms with Gasteiger partial charge in [-0.1, -0.05) is 27.5 Å². The third kappa shape index (κ3) is 3.01. The topological polar surface area (TPSA) is 64.6 Å². The van der Waals surface area contributed by atoms with Crippen molar-refractivity contribution in [1.82, 2.24) is 10.2 Å². The maximum Gasteiger partial charge on any atom is 0.256 e. The van der Waals surface area contributed by atoms with Crippen LogP contribution in [0.3, 0.4) is 0 Å². The molecule has 0 bridgehead atoms. The first-order valence-corrected chi connectivity index (χ1v) is 10.5. The highest BCUT2D eigenvalue weighted by Gasteiger charge is 2.34. The summed E-state index contributed by atoms with van der Waals surface area (Å²) in [4.78, 5) is 16.5. The van der Waals surface area contributed by atoms with E-state index in [1.54, 1.807) is 23.5 Å². The van der Waals surface area contributed by atoms with Crippen LogP contribution in [0.15, 0.2) is 16.6 Å². The van der Waals surface area contributed by atoms with Crippen molar-refractivity contribution in [3.63, 3.8) is 0 Å². The van der Waals surface area contributed by atoms with Crippen molar-refractivity contribution in [3.05, 3.63) is 43.2 Å². The van der Waals surface area contributed by atoms with Gasteiger partial charge in [-0.25, -0.2) is 0 Å². The number of amides is 1. The van der Waals surface area contributed by atoms with E-state index in [4.69, 9.17) is 11.6 Å². The van der Waals surface area contributed by atoms with Crippen molar-refractivity contribution >= 4 is 49.8 Å². The van der Waals surface area contributed by atoms with Gasteiger partial charge >= 0.3 is 0 Å². The zero-order valence-electron chi connectivity index (χ0n) is 14.4. The summed E-state index contributed by atoms with van der Waals surface area (Å²) >= 11 is 11.1. The SMILES string of the molecule is CC(C)N1CCc2c(sc3c2C(=O)NC(c2cc(Br)cc(Cl)c2O)N3)C1. The average molecular weight is 457 g/mol. The lowest BCUT2D eigenvalue weighted by atomic mass is 9.99. The Hall–Kier alpha value is -1.28. The third-order valence-electron chi connectivity index (χ3n) is 4.96. The number of benzene rings is 1. The molecule has 0 saturated heterocycles. The maximum atomic E-state index is 12.8. The van der Waals surface area contributed by atoms with Gasteiger partial charge in [0.25, 0.3) is 5.91 Å². The number of thiophene rings is 1. The van der Waals surface area contributed by atoms with E-state index < -0.39 is 6.17 Å². The second kappa shape index (κ2) is 6.71. The first kappa shape index (κ1) is 18.1. The van der Waals surface area contributed by atoms with Crippen LogP contribution >= 0.6 is 38.9 Å². The van der Waals surface area contributed by atoms with Crippen LogP contribution in [0, 0.1) is 0 Å². The standard InChI is InChI=1S/C18H19BrClN3O2S/c1-8(2)23-4-3-10-13(7-23)26-18-14(10)17(25)21-16(22-18)11-5-9(19)6-12(20)15(11)24/h5-6,8,16,22,24H,3-4,7H2,1-2H3,(H,21,25). The molecule has 26 heavy (non-hydrogen) atoms. The number of hydrogen-bond donors (Lipinski definition) is 3. The largest absolute Gasteiger partial charge is 0.506 e.